The molecule has 1 heterocycles. The van der Waals surface area contributed by atoms with Gasteiger partial charge in [0.2, 0.25) is 5.95 Å². The quantitative estimate of drug-likeness (QED) is 0.633. The Kier molecular flexibility index (Phi) is 2.73. The Balaban J connectivity index is 3.04. The summed E-state index contributed by atoms with van der Waals surface area (Å²) in [6.07, 6.45) is 1.46. The summed E-state index contributed by atoms with van der Waals surface area (Å²) < 4.78 is 13.0. The van der Waals surface area contributed by atoms with Crippen LogP contribution in [0.1, 0.15) is 17.2 Å². The van der Waals surface area contributed by atoms with E-state index in [1.54, 1.807) is 6.07 Å². The van der Waals surface area contributed by atoms with Gasteiger partial charge in [-0.1, -0.05) is 0 Å². The number of halogens is 1. The molecular weight excluding hydrogens is 157 g/mol. The molecule has 1 aromatic rings. The molecule has 0 aromatic carbocycles. The van der Waals surface area contributed by atoms with Crippen LogP contribution in [0.25, 0.3) is 0 Å². The first kappa shape index (κ1) is 9.09. The molecule has 12 heavy (non-hydrogen) atoms. The maximum atomic E-state index is 13.0. The van der Waals surface area contributed by atoms with Crippen LogP contribution < -0.4 is 11.5 Å². The first-order chi connectivity index (χ1) is 5.65. The summed E-state index contributed by atoms with van der Waals surface area (Å²) in [6, 6.07) is 1.21. The predicted molar refractivity (Wildman–Crippen MR) is 44.9 cm³/mol. The van der Waals surface area contributed by atoms with Gasteiger partial charge in [0.05, 0.1) is 0 Å². The summed E-state index contributed by atoms with van der Waals surface area (Å²) in [5, 5.41) is 0. The van der Waals surface area contributed by atoms with Crippen molar-refractivity contribution in [3.05, 3.63) is 29.3 Å². The molecule has 0 fully saturated rings. The second-order valence-electron chi connectivity index (χ2n) is 2.73. The van der Waals surface area contributed by atoms with E-state index in [2.05, 4.69) is 4.98 Å². The van der Waals surface area contributed by atoms with E-state index in [-0.39, 0.29) is 6.54 Å². The lowest BCUT2D eigenvalue weighted by Gasteiger charge is -2.09. The Morgan fingerprint density at radius 3 is 2.92 bits per heavy atom. The van der Waals surface area contributed by atoms with Crippen LogP contribution in [0.3, 0.4) is 0 Å². The maximum Gasteiger partial charge on any atom is 0.217 e. The molecule has 1 rings (SSSR count). The van der Waals surface area contributed by atoms with Crippen LogP contribution >= 0.6 is 0 Å². The minimum atomic E-state index is -0.529. The number of pyridine rings is 1. The number of nitrogens with two attached hydrogens (primary N) is 2. The summed E-state index contributed by atoms with van der Waals surface area (Å²) >= 11 is 0. The molecule has 0 radical (unpaired) electrons. The van der Waals surface area contributed by atoms with Crippen LogP contribution in [0.5, 0.6) is 0 Å². The van der Waals surface area contributed by atoms with Crippen molar-refractivity contribution >= 4 is 0 Å². The molecule has 1 atom stereocenters. The van der Waals surface area contributed by atoms with E-state index in [1.165, 1.54) is 6.20 Å². The lowest BCUT2D eigenvalue weighted by molar-refractivity contribution is 0.545. The number of hydrogen-bond acceptors (Lipinski definition) is 3. The molecule has 0 spiro atoms. The van der Waals surface area contributed by atoms with Crippen molar-refractivity contribution in [1.82, 2.24) is 4.98 Å². The Labute approximate surface area is 70.6 Å². The van der Waals surface area contributed by atoms with E-state index in [1.807, 2.05) is 6.92 Å². The summed E-state index contributed by atoms with van der Waals surface area (Å²) in [7, 11) is 0. The number of nitrogens with zero attached hydrogens (tertiary/aromatic N) is 1. The lowest BCUT2D eigenvalue weighted by Crippen LogP contribution is -2.22. The van der Waals surface area contributed by atoms with Gasteiger partial charge in [0.15, 0.2) is 0 Å². The van der Waals surface area contributed by atoms with Crippen molar-refractivity contribution in [1.29, 1.82) is 0 Å². The summed E-state index contributed by atoms with van der Waals surface area (Å²) in [5.74, 6) is -0.529. The normalized spacial score (nSPS) is 13.0. The fraction of sp³-hybridized carbons (Fsp3) is 0.375. The average Bonchev–Trinajstić information content (AvgIpc) is 2.08. The van der Waals surface area contributed by atoms with Gasteiger partial charge in [-0.25, -0.2) is 4.98 Å². The molecule has 4 heteroatoms. The third-order valence-corrected chi connectivity index (χ3v) is 1.66. The van der Waals surface area contributed by atoms with Crippen LogP contribution in [0.2, 0.25) is 0 Å². The van der Waals surface area contributed by atoms with E-state index in [4.69, 9.17) is 11.5 Å². The van der Waals surface area contributed by atoms with Crippen molar-refractivity contribution < 1.29 is 4.39 Å². The fourth-order valence-corrected chi connectivity index (χ4v) is 0.962. The number of aromatic nitrogens is 1. The third-order valence-electron chi connectivity index (χ3n) is 1.66. The highest BCUT2D eigenvalue weighted by Gasteiger charge is 2.10. The van der Waals surface area contributed by atoms with E-state index in [0.29, 0.717) is 5.56 Å². The van der Waals surface area contributed by atoms with Crippen molar-refractivity contribution in [2.24, 2.45) is 11.5 Å². The zero-order chi connectivity index (χ0) is 9.14. The highest BCUT2D eigenvalue weighted by molar-refractivity contribution is 5.21. The zero-order valence-electron chi connectivity index (χ0n) is 6.92. The Morgan fingerprint density at radius 1 is 1.67 bits per heavy atom. The van der Waals surface area contributed by atoms with Crippen molar-refractivity contribution in [3.63, 3.8) is 0 Å². The summed E-state index contributed by atoms with van der Waals surface area (Å²) in [4.78, 5) is 3.55. The Hall–Kier alpha value is -1.00. The molecule has 0 amide bonds. The number of hydrogen-bond donors (Lipinski definition) is 2. The topological polar surface area (TPSA) is 64.9 Å². The fourth-order valence-electron chi connectivity index (χ4n) is 0.962. The molecule has 1 aromatic heterocycles. The van der Waals surface area contributed by atoms with Crippen molar-refractivity contribution in [2.75, 3.05) is 6.54 Å². The van der Waals surface area contributed by atoms with Gasteiger partial charge in [-0.2, -0.15) is 4.39 Å². The maximum absolute atomic E-state index is 13.0. The van der Waals surface area contributed by atoms with Gasteiger partial charge < -0.3 is 11.5 Å². The SMILES string of the molecule is Cc1cnc(F)c([C@H](N)CN)c1. The lowest BCUT2D eigenvalue weighted by atomic mass is 10.1. The summed E-state index contributed by atoms with van der Waals surface area (Å²) in [6.45, 7) is 2.06. The molecule has 0 bridgehead atoms. The molecule has 0 aliphatic carbocycles. The van der Waals surface area contributed by atoms with E-state index in [0.717, 1.165) is 5.56 Å². The number of aryl methyl sites for hydroxylation is 1. The van der Waals surface area contributed by atoms with Gasteiger partial charge in [-0.05, 0) is 18.6 Å². The average molecular weight is 169 g/mol. The van der Waals surface area contributed by atoms with Crippen LogP contribution in [-0.4, -0.2) is 11.5 Å². The van der Waals surface area contributed by atoms with Crippen molar-refractivity contribution in [2.45, 2.75) is 13.0 Å². The van der Waals surface area contributed by atoms with Crippen LogP contribution in [0.15, 0.2) is 12.3 Å². The van der Waals surface area contributed by atoms with Gasteiger partial charge in [0, 0.05) is 24.3 Å². The molecule has 0 unspecified atom stereocenters. The Morgan fingerprint density at radius 2 is 2.33 bits per heavy atom. The summed E-state index contributed by atoms with van der Waals surface area (Å²) in [5.41, 5.74) is 12.1. The van der Waals surface area contributed by atoms with Gasteiger partial charge in [-0.3, -0.25) is 0 Å². The highest BCUT2D eigenvalue weighted by Crippen LogP contribution is 2.13. The van der Waals surface area contributed by atoms with E-state index in [9.17, 15) is 4.39 Å². The second kappa shape index (κ2) is 3.60. The molecular formula is C8H12FN3. The zero-order valence-corrected chi connectivity index (χ0v) is 6.92. The van der Waals surface area contributed by atoms with Gasteiger partial charge in [0.25, 0.3) is 0 Å². The molecule has 0 saturated heterocycles. The number of rotatable bonds is 2. The molecule has 0 aliphatic rings. The first-order valence-corrected chi connectivity index (χ1v) is 3.73. The van der Waals surface area contributed by atoms with Crippen LogP contribution in [0.4, 0.5) is 4.39 Å². The van der Waals surface area contributed by atoms with Crippen LogP contribution in [-0.2, 0) is 0 Å². The standard InChI is InChI=1S/C8H12FN3/c1-5-2-6(7(11)3-10)8(9)12-4-5/h2,4,7H,3,10-11H2,1H3/t7-/m1/s1. The third kappa shape index (κ3) is 1.78. The molecule has 0 aliphatic heterocycles. The van der Waals surface area contributed by atoms with E-state index < -0.39 is 12.0 Å². The predicted octanol–water partition coefficient (Wildman–Crippen LogP) is 0.488. The molecule has 66 valence electrons. The largest absolute Gasteiger partial charge is 0.329 e. The van der Waals surface area contributed by atoms with Gasteiger partial charge in [-0.15, -0.1) is 0 Å². The molecule has 4 N–H and O–H groups in total. The molecule has 0 saturated carbocycles. The van der Waals surface area contributed by atoms with Crippen molar-refractivity contribution in [3.8, 4) is 0 Å². The Bertz CT molecular complexity index is 275. The van der Waals surface area contributed by atoms with Crippen LogP contribution in [0, 0.1) is 12.9 Å². The van der Waals surface area contributed by atoms with Gasteiger partial charge >= 0.3 is 0 Å². The highest BCUT2D eigenvalue weighted by atomic mass is 19.1. The minimum absolute atomic E-state index is 0.224. The second-order valence-corrected chi connectivity index (χ2v) is 2.73. The smallest absolute Gasteiger partial charge is 0.217 e. The first-order valence-electron chi connectivity index (χ1n) is 3.73. The molecule has 3 nitrogen and oxygen atoms in total. The van der Waals surface area contributed by atoms with Gasteiger partial charge in [0.1, 0.15) is 0 Å². The van der Waals surface area contributed by atoms with E-state index >= 15 is 0 Å². The minimum Gasteiger partial charge on any atom is -0.329 e. The monoisotopic (exact) mass is 169 g/mol.